The molecule has 0 unspecified atom stereocenters. The van der Waals surface area contributed by atoms with E-state index in [0.29, 0.717) is 5.13 Å². The van der Waals surface area contributed by atoms with Crippen LogP contribution in [0.1, 0.15) is 10.6 Å². The third kappa shape index (κ3) is 3.03. The molecule has 3 nitrogen and oxygen atoms in total. The van der Waals surface area contributed by atoms with Crippen LogP contribution < -0.4 is 5.73 Å². The molecule has 0 aliphatic carbocycles. The number of aromatic nitrogens is 2. The quantitative estimate of drug-likeness (QED) is 0.795. The maximum atomic E-state index is 5.58. The molecule has 1 aromatic heterocycles. The first-order valence-electron chi connectivity index (χ1n) is 6.53. The van der Waals surface area contributed by atoms with Crippen LogP contribution in [0.2, 0.25) is 0 Å². The molecule has 0 radical (unpaired) electrons. The number of anilines is 1. The van der Waals surface area contributed by atoms with E-state index >= 15 is 0 Å². The first kappa shape index (κ1) is 12.8. The van der Waals surface area contributed by atoms with Crippen LogP contribution in [0.4, 0.5) is 5.13 Å². The van der Waals surface area contributed by atoms with Gasteiger partial charge in [0.1, 0.15) is 5.01 Å². The second-order valence-corrected chi connectivity index (χ2v) is 5.69. The van der Waals surface area contributed by atoms with E-state index < -0.39 is 0 Å². The van der Waals surface area contributed by atoms with Crippen molar-refractivity contribution in [1.82, 2.24) is 10.2 Å². The Bertz CT molecular complexity index is 674. The van der Waals surface area contributed by atoms with E-state index in [1.807, 2.05) is 6.07 Å². The SMILES string of the molecule is Nc1nnc(CCc2ccc(-c3ccccc3)cc2)s1. The minimum absolute atomic E-state index is 0.541. The molecule has 0 aliphatic rings. The maximum Gasteiger partial charge on any atom is 0.203 e. The molecule has 0 saturated heterocycles. The molecule has 0 spiro atoms. The summed E-state index contributed by atoms with van der Waals surface area (Å²) in [6.45, 7) is 0. The van der Waals surface area contributed by atoms with Gasteiger partial charge in [-0.15, -0.1) is 10.2 Å². The largest absolute Gasteiger partial charge is 0.374 e. The Morgan fingerprint density at radius 3 is 2.15 bits per heavy atom. The molecule has 0 fully saturated rings. The molecular weight excluding hydrogens is 266 g/mol. The van der Waals surface area contributed by atoms with Crippen LogP contribution in [0.25, 0.3) is 11.1 Å². The number of rotatable bonds is 4. The van der Waals surface area contributed by atoms with Gasteiger partial charge in [-0.2, -0.15) is 0 Å². The molecule has 0 bridgehead atoms. The summed E-state index contributed by atoms with van der Waals surface area (Å²) in [6.07, 6.45) is 1.85. The average molecular weight is 281 g/mol. The molecule has 0 atom stereocenters. The number of nitrogens with two attached hydrogens (primary N) is 1. The van der Waals surface area contributed by atoms with Crippen LogP contribution in [-0.2, 0) is 12.8 Å². The Morgan fingerprint density at radius 1 is 0.800 bits per heavy atom. The van der Waals surface area contributed by atoms with Crippen LogP contribution in [0.3, 0.4) is 0 Å². The molecule has 3 aromatic rings. The van der Waals surface area contributed by atoms with Gasteiger partial charge in [-0.25, -0.2) is 0 Å². The van der Waals surface area contributed by atoms with Gasteiger partial charge >= 0.3 is 0 Å². The predicted molar refractivity (Wildman–Crippen MR) is 83.6 cm³/mol. The summed E-state index contributed by atoms with van der Waals surface area (Å²) in [7, 11) is 0. The highest BCUT2D eigenvalue weighted by atomic mass is 32.1. The smallest absolute Gasteiger partial charge is 0.203 e. The van der Waals surface area contributed by atoms with Gasteiger partial charge < -0.3 is 5.73 Å². The lowest BCUT2D eigenvalue weighted by Gasteiger charge is -2.03. The molecule has 2 aromatic carbocycles. The van der Waals surface area contributed by atoms with Crippen LogP contribution >= 0.6 is 11.3 Å². The van der Waals surface area contributed by atoms with E-state index in [1.165, 1.54) is 28.0 Å². The second-order valence-electron chi connectivity index (χ2n) is 4.60. The summed E-state index contributed by atoms with van der Waals surface area (Å²) in [6, 6.07) is 19.1. The highest BCUT2D eigenvalue weighted by molar-refractivity contribution is 7.15. The van der Waals surface area contributed by atoms with Gasteiger partial charge in [0.25, 0.3) is 0 Å². The highest BCUT2D eigenvalue weighted by Gasteiger charge is 2.02. The van der Waals surface area contributed by atoms with Crippen molar-refractivity contribution in [3.63, 3.8) is 0 Å². The van der Waals surface area contributed by atoms with E-state index in [-0.39, 0.29) is 0 Å². The third-order valence-electron chi connectivity index (χ3n) is 3.17. The fourth-order valence-electron chi connectivity index (χ4n) is 2.11. The molecule has 100 valence electrons. The predicted octanol–water partition coefficient (Wildman–Crippen LogP) is 3.57. The topological polar surface area (TPSA) is 51.8 Å². The lowest BCUT2D eigenvalue weighted by molar-refractivity contribution is 0.906. The van der Waals surface area contributed by atoms with Crippen LogP contribution in [0, 0.1) is 0 Å². The van der Waals surface area contributed by atoms with Gasteiger partial charge in [-0.3, -0.25) is 0 Å². The molecule has 3 rings (SSSR count). The minimum atomic E-state index is 0.541. The Hall–Kier alpha value is -2.20. The van der Waals surface area contributed by atoms with Crippen LogP contribution in [0.5, 0.6) is 0 Å². The third-order valence-corrected chi connectivity index (χ3v) is 3.98. The summed E-state index contributed by atoms with van der Waals surface area (Å²) in [4.78, 5) is 0. The lowest BCUT2D eigenvalue weighted by atomic mass is 10.0. The van der Waals surface area contributed by atoms with Crippen molar-refractivity contribution in [2.24, 2.45) is 0 Å². The Labute approximate surface area is 122 Å². The standard InChI is InChI=1S/C16H15N3S/c17-16-19-18-15(20-16)11-8-12-6-9-14(10-7-12)13-4-2-1-3-5-13/h1-7,9-10H,8,11H2,(H2,17,19). The number of nitrogens with zero attached hydrogens (tertiary/aromatic N) is 2. The van der Waals surface area contributed by atoms with E-state index in [1.54, 1.807) is 0 Å². The number of hydrogen-bond acceptors (Lipinski definition) is 4. The number of benzene rings is 2. The zero-order valence-electron chi connectivity index (χ0n) is 11.0. The summed E-state index contributed by atoms with van der Waals surface area (Å²) < 4.78 is 0. The monoisotopic (exact) mass is 281 g/mol. The van der Waals surface area contributed by atoms with E-state index in [4.69, 9.17) is 5.73 Å². The molecule has 4 heteroatoms. The Kier molecular flexibility index (Phi) is 3.74. The fourth-order valence-corrected chi connectivity index (χ4v) is 2.72. The second kappa shape index (κ2) is 5.84. The molecule has 0 amide bonds. The van der Waals surface area contributed by atoms with E-state index in [0.717, 1.165) is 17.8 Å². The zero-order valence-corrected chi connectivity index (χ0v) is 11.8. The molecule has 1 heterocycles. The minimum Gasteiger partial charge on any atom is -0.374 e. The first-order chi connectivity index (χ1) is 9.81. The van der Waals surface area contributed by atoms with Crippen molar-refractivity contribution >= 4 is 16.5 Å². The number of nitrogen functional groups attached to an aromatic ring is 1. The van der Waals surface area contributed by atoms with Crippen molar-refractivity contribution in [2.45, 2.75) is 12.8 Å². The molecule has 20 heavy (non-hydrogen) atoms. The zero-order chi connectivity index (χ0) is 13.8. The van der Waals surface area contributed by atoms with Crippen molar-refractivity contribution in [1.29, 1.82) is 0 Å². The van der Waals surface area contributed by atoms with Crippen molar-refractivity contribution in [3.8, 4) is 11.1 Å². The van der Waals surface area contributed by atoms with Crippen LogP contribution in [-0.4, -0.2) is 10.2 Å². The van der Waals surface area contributed by atoms with Gasteiger partial charge in [0.05, 0.1) is 0 Å². The van der Waals surface area contributed by atoms with Gasteiger partial charge in [0.2, 0.25) is 5.13 Å². The fraction of sp³-hybridized carbons (Fsp3) is 0.125. The van der Waals surface area contributed by atoms with Gasteiger partial charge in [0.15, 0.2) is 0 Å². The van der Waals surface area contributed by atoms with Crippen molar-refractivity contribution < 1.29 is 0 Å². The Morgan fingerprint density at radius 2 is 1.50 bits per heavy atom. The van der Waals surface area contributed by atoms with Crippen molar-refractivity contribution in [3.05, 3.63) is 65.2 Å². The van der Waals surface area contributed by atoms with E-state index in [9.17, 15) is 0 Å². The van der Waals surface area contributed by atoms with Gasteiger partial charge in [-0.05, 0) is 23.1 Å². The van der Waals surface area contributed by atoms with Crippen LogP contribution in [0.15, 0.2) is 54.6 Å². The van der Waals surface area contributed by atoms with Gasteiger partial charge in [-0.1, -0.05) is 65.9 Å². The van der Waals surface area contributed by atoms with E-state index in [2.05, 4.69) is 58.7 Å². The number of hydrogen-bond donors (Lipinski definition) is 1. The maximum absolute atomic E-state index is 5.58. The molecule has 2 N–H and O–H groups in total. The molecular formula is C16H15N3S. The summed E-state index contributed by atoms with van der Waals surface area (Å²) in [5.74, 6) is 0. The van der Waals surface area contributed by atoms with Crippen molar-refractivity contribution in [2.75, 3.05) is 5.73 Å². The van der Waals surface area contributed by atoms with Gasteiger partial charge in [0, 0.05) is 6.42 Å². The first-order valence-corrected chi connectivity index (χ1v) is 7.35. The average Bonchev–Trinajstić information content (AvgIpc) is 2.92. The lowest BCUT2D eigenvalue weighted by Crippen LogP contribution is -1.91. The Balaban J connectivity index is 1.67. The molecule has 0 aliphatic heterocycles. The summed E-state index contributed by atoms with van der Waals surface area (Å²) in [5.41, 5.74) is 9.37. The normalized spacial score (nSPS) is 10.6. The summed E-state index contributed by atoms with van der Waals surface area (Å²) >= 11 is 1.46. The highest BCUT2D eigenvalue weighted by Crippen LogP contribution is 2.20. The number of aryl methyl sites for hydroxylation is 2. The summed E-state index contributed by atoms with van der Waals surface area (Å²) in [5, 5.41) is 9.40. The molecule has 0 saturated carbocycles.